The van der Waals surface area contributed by atoms with Gasteiger partial charge in [-0.05, 0) is 55.6 Å². The van der Waals surface area contributed by atoms with Gasteiger partial charge in [0.1, 0.15) is 0 Å². The van der Waals surface area contributed by atoms with Gasteiger partial charge < -0.3 is 10.6 Å². The number of rotatable bonds is 6. The fourth-order valence-electron chi connectivity index (χ4n) is 2.40. The van der Waals surface area contributed by atoms with E-state index in [0.717, 1.165) is 23.1 Å². The summed E-state index contributed by atoms with van der Waals surface area (Å²) in [5, 5.41) is 0. The molecule has 0 radical (unpaired) electrons. The number of amides is 1. The van der Waals surface area contributed by atoms with E-state index in [1.807, 2.05) is 60.4 Å². The number of aryl methyl sites for hydroxylation is 2. The van der Waals surface area contributed by atoms with Crippen LogP contribution in [0.5, 0.6) is 0 Å². The van der Waals surface area contributed by atoms with Gasteiger partial charge in [-0.15, -0.1) is 12.4 Å². The normalized spacial score (nSPS) is 10.0. The Bertz CT molecular complexity index is 629. The van der Waals surface area contributed by atoms with Gasteiger partial charge in [-0.2, -0.15) is 0 Å². The molecule has 2 rings (SSSR count). The summed E-state index contributed by atoms with van der Waals surface area (Å²) in [4.78, 5) is 14.7. The Balaban J connectivity index is 0.00000264. The van der Waals surface area contributed by atoms with E-state index in [4.69, 9.17) is 5.73 Å². The summed E-state index contributed by atoms with van der Waals surface area (Å²) in [6.07, 6.45) is 0.809. The first-order valence-electron chi connectivity index (χ1n) is 7.72. The third kappa shape index (κ3) is 5.38. The second-order valence-corrected chi connectivity index (χ2v) is 5.65. The third-order valence-corrected chi connectivity index (χ3v) is 3.89. The Hall–Kier alpha value is -1.84. The van der Waals surface area contributed by atoms with Gasteiger partial charge in [0.15, 0.2) is 0 Å². The highest BCUT2D eigenvalue weighted by Gasteiger charge is 2.16. The van der Waals surface area contributed by atoms with Crippen LogP contribution in [0.2, 0.25) is 0 Å². The van der Waals surface area contributed by atoms with Crippen molar-refractivity contribution in [2.24, 2.45) is 5.73 Å². The Labute approximate surface area is 144 Å². The molecule has 1 amide bonds. The number of halogens is 1. The molecule has 0 spiro atoms. The molecule has 0 saturated carbocycles. The van der Waals surface area contributed by atoms with Crippen LogP contribution in [-0.4, -0.2) is 23.9 Å². The highest BCUT2D eigenvalue weighted by atomic mass is 35.5. The molecule has 0 heterocycles. The summed E-state index contributed by atoms with van der Waals surface area (Å²) >= 11 is 0. The Morgan fingerprint density at radius 2 is 1.74 bits per heavy atom. The second kappa shape index (κ2) is 9.33. The largest absolute Gasteiger partial charge is 0.334 e. The first-order chi connectivity index (χ1) is 10.6. The lowest BCUT2D eigenvalue weighted by Gasteiger charge is -2.23. The third-order valence-electron chi connectivity index (χ3n) is 3.89. The van der Waals surface area contributed by atoms with Crippen LogP contribution in [0.25, 0.3) is 0 Å². The maximum atomic E-state index is 12.8. The lowest BCUT2D eigenvalue weighted by molar-refractivity contribution is 0.0742. The molecule has 3 nitrogen and oxygen atoms in total. The van der Waals surface area contributed by atoms with Gasteiger partial charge in [-0.25, -0.2) is 0 Å². The second-order valence-electron chi connectivity index (χ2n) is 5.65. The summed E-state index contributed by atoms with van der Waals surface area (Å²) in [5.74, 6) is 0.0698. The quantitative estimate of drug-likeness (QED) is 0.876. The van der Waals surface area contributed by atoms with Crippen LogP contribution < -0.4 is 5.73 Å². The zero-order chi connectivity index (χ0) is 15.9. The average Bonchev–Trinajstić information content (AvgIpc) is 2.54. The molecule has 0 aliphatic carbocycles. The van der Waals surface area contributed by atoms with Crippen LogP contribution in [0.15, 0.2) is 48.5 Å². The van der Waals surface area contributed by atoms with E-state index in [1.54, 1.807) is 0 Å². The Morgan fingerprint density at radius 1 is 1.04 bits per heavy atom. The molecule has 2 aromatic carbocycles. The topological polar surface area (TPSA) is 46.3 Å². The number of hydrogen-bond acceptors (Lipinski definition) is 2. The molecule has 2 N–H and O–H groups in total. The lowest BCUT2D eigenvalue weighted by atomic mass is 10.1. The van der Waals surface area contributed by atoms with E-state index in [2.05, 4.69) is 6.92 Å². The van der Waals surface area contributed by atoms with E-state index >= 15 is 0 Å². The smallest absolute Gasteiger partial charge is 0.254 e. The first kappa shape index (κ1) is 19.2. The molecule has 0 saturated heterocycles. The van der Waals surface area contributed by atoms with Crippen molar-refractivity contribution in [1.29, 1.82) is 0 Å². The van der Waals surface area contributed by atoms with Crippen LogP contribution in [0.3, 0.4) is 0 Å². The molecule has 2 aromatic rings. The van der Waals surface area contributed by atoms with E-state index in [1.165, 1.54) is 5.56 Å². The van der Waals surface area contributed by atoms with Crippen LogP contribution in [-0.2, 0) is 6.54 Å². The predicted molar refractivity (Wildman–Crippen MR) is 98.0 cm³/mol. The standard InChI is InChI=1S/C19H24N2O.ClH/c1-15-9-10-18(13-16(15)2)19(22)21(12-6-11-20)14-17-7-4-3-5-8-17;/h3-5,7-10,13H,6,11-12,14,20H2,1-2H3;1H. The fourth-order valence-corrected chi connectivity index (χ4v) is 2.40. The molecule has 124 valence electrons. The van der Waals surface area contributed by atoms with Crippen molar-refractivity contribution in [3.63, 3.8) is 0 Å². The van der Waals surface area contributed by atoms with Crippen molar-refractivity contribution in [3.8, 4) is 0 Å². The number of nitrogens with zero attached hydrogens (tertiary/aromatic N) is 1. The minimum Gasteiger partial charge on any atom is -0.334 e. The molecule has 0 aromatic heterocycles. The van der Waals surface area contributed by atoms with E-state index in [-0.39, 0.29) is 18.3 Å². The zero-order valence-corrected chi connectivity index (χ0v) is 14.6. The summed E-state index contributed by atoms with van der Waals surface area (Å²) in [7, 11) is 0. The van der Waals surface area contributed by atoms with Gasteiger partial charge in [0, 0.05) is 18.7 Å². The van der Waals surface area contributed by atoms with Gasteiger partial charge in [-0.3, -0.25) is 4.79 Å². The molecule has 0 bridgehead atoms. The molecular formula is C19H25ClN2O. The molecule has 4 heteroatoms. The Kier molecular flexibility index (Phi) is 7.79. The molecular weight excluding hydrogens is 308 g/mol. The van der Waals surface area contributed by atoms with Gasteiger partial charge >= 0.3 is 0 Å². The van der Waals surface area contributed by atoms with Crippen molar-refractivity contribution in [3.05, 3.63) is 70.8 Å². The molecule has 0 unspecified atom stereocenters. The van der Waals surface area contributed by atoms with E-state index in [0.29, 0.717) is 19.6 Å². The summed E-state index contributed by atoms with van der Waals surface area (Å²) in [6, 6.07) is 16.0. The number of carbonyl (C=O) groups is 1. The maximum Gasteiger partial charge on any atom is 0.254 e. The highest BCUT2D eigenvalue weighted by molar-refractivity contribution is 5.94. The minimum atomic E-state index is 0. The summed E-state index contributed by atoms with van der Waals surface area (Å²) < 4.78 is 0. The van der Waals surface area contributed by atoms with Crippen LogP contribution in [0, 0.1) is 13.8 Å². The molecule has 0 atom stereocenters. The van der Waals surface area contributed by atoms with Crippen molar-refractivity contribution < 1.29 is 4.79 Å². The van der Waals surface area contributed by atoms with Gasteiger partial charge in [0.2, 0.25) is 0 Å². The van der Waals surface area contributed by atoms with Gasteiger partial charge in [0.25, 0.3) is 5.91 Å². The maximum absolute atomic E-state index is 12.8. The highest BCUT2D eigenvalue weighted by Crippen LogP contribution is 2.14. The number of carbonyl (C=O) groups excluding carboxylic acids is 1. The zero-order valence-electron chi connectivity index (χ0n) is 13.8. The number of hydrogen-bond donors (Lipinski definition) is 1. The average molecular weight is 333 g/mol. The van der Waals surface area contributed by atoms with Crippen molar-refractivity contribution in [2.75, 3.05) is 13.1 Å². The van der Waals surface area contributed by atoms with Crippen molar-refractivity contribution in [2.45, 2.75) is 26.8 Å². The van der Waals surface area contributed by atoms with E-state index < -0.39 is 0 Å². The van der Waals surface area contributed by atoms with Crippen LogP contribution in [0.4, 0.5) is 0 Å². The lowest BCUT2D eigenvalue weighted by Crippen LogP contribution is -2.32. The SMILES string of the molecule is Cc1ccc(C(=O)N(CCCN)Cc2ccccc2)cc1C.Cl. The Morgan fingerprint density at radius 3 is 2.35 bits per heavy atom. The molecule has 0 fully saturated rings. The van der Waals surface area contributed by atoms with Crippen molar-refractivity contribution >= 4 is 18.3 Å². The predicted octanol–water partition coefficient (Wildman–Crippen LogP) is 3.72. The summed E-state index contributed by atoms with van der Waals surface area (Å²) in [5.41, 5.74) is 9.84. The van der Waals surface area contributed by atoms with E-state index in [9.17, 15) is 4.79 Å². The van der Waals surface area contributed by atoms with Crippen molar-refractivity contribution in [1.82, 2.24) is 4.90 Å². The van der Waals surface area contributed by atoms with Gasteiger partial charge in [-0.1, -0.05) is 36.4 Å². The molecule has 0 aliphatic heterocycles. The monoisotopic (exact) mass is 332 g/mol. The van der Waals surface area contributed by atoms with Crippen LogP contribution >= 0.6 is 12.4 Å². The number of benzene rings is 2. The summed E-state index contributed by atoms with van der Waals surface area (Å²) in [6.45, 7) is 5.97. The molecule has 23 heavy (non-hydrogen) atoms. The van der Waals surface area contributed by atoms with Gasteiger partial charge in [0.05, 0.1) is 0 Å². The first-order valence-corrected chi connectivity index (χ1v) is 7.72. The minimum absolute atomic E-state index is 0. The van der Waals surface area contributed by atoms with Crippen LogP contribution in [0.1, 0.15) is 33.5 Å². The number of nitrogens with two attached hydrogens (primary N) is 1. The molecule has 0 aliphatic rings. The fraction of sp³-hybridized carbons (Fsp3) is 0.316.